The van der Waals surface area contributed by atoms with Gasteiger partial charge in [-0.15, -0.1) is 0 Å². The van der Waals surface area contributed by atoms with Gasteiger partial charge in [-0.05, 0) is 24.0 Å². The number of rotatable bonds is 2. The first-order chi connectivity index (χ1) is 6.62. The van der Waals surface area contributed by atoms with Crippen LogP contribution in [0.2, 0.25) is 0 Å². The summed E-state index contributed by atoms with van der Waals surface area (Å²) in [6.07, 6.45) is 3.31. The standard InChI is InChI=1S/C12H20N2/c1-9(2)6-12(3)8-13-7-10-4-5-14-11(10)12/h4-5,9,13-14H,6-8H2,1-3H3. The van der Waals surface area contributed by atoms with Crippen molar-refractivity contribution >= 4 is 0 Å². The highest BCUT2D eigenvalue weighted by Gasteiger charge is 2.33. The van der Waals surface area contributed by atoms with Gasteiger partial charge in [-0.3, -0.25) is 0 Å². The van der Waals surface area contributed by atoms with Crippen LogP contribution < -0.4 is 5.32 Å². The van der Waals surface area contributed by atoms with E-state index in [1.165, 1.54) is 17.7 Å². The van der Waals surface area contributed by atoms with Crippen LogP contribution in [-0.4, -0.2) is 11.5 Å². The minimum Gasteiger partial charge on any atom is -0.364 e. The second kappa shape index (κ2) is 3.43. The maximum absolute atomic E-state index is 3.50. The van der Waals surface area contributed by atoms with Crippen LogP contribution in [0.5, 0.6) is 0 Å². The lowest BCUT2D eigenvalue weighted by Crippen LogP contribution is -2.41. The summed E-state index contributed by atoms with van der Waals surface area (Å²) in [6, 6.07) is 2.19. The Balaban J connectivity index is 2.30. The van der Waals surface area contributed by atoms with E-state index < -0.39 is 0 Å². The van der Waals surface area contributed by atoms with Gasteiger partial charge in [0.05, 0.1) is 0 Å². The molecule has 2 rings (SSSR count). The topological polar surface area (TPSA) is 27.8 Å². The van der Waals surface area contributed by atoms with Crippen LogP contribution in [0.1, 0.15) is 38.4 Å². The quantitative estimate of drug-likeness (QED) is 0.740. The highest BCUT2D eigenvalue weighted by atomic mass is 14.9. The van der Waals surface area contributed by atoms with Crippen LogP contribution in [0.4, 0.5) is 0 Å². The Morgan fingerprint density at radius 1 is 1.50 bits per heavy atom. The van der Waals surface area contributed by atoms with Gasteiger partial charge in [0, 0.05) is 30.4 Å². The van der Waals surface area contributed by atoms with Crippen LogP contribution in [-0.2, 0) is 12.0 Å². The molecule has 0 saturated heterocycles. The van der Waals surface area contributed by atoms with Gasteiger partial charge in [-0.25, -0.2) is 0 Å². The molecule has 0 radical (unpaired) electrons. The van der Waals surface area contributed by atoms with Crippen molar-refractivity contribution in [3.8, 4) is 0 Å². The molecule has 78 valence electrons. The molecular formula is C12H20N2. The fourth-order valence-corrected chi connectivity index (χ4v) is 2.75. The van der Waals surface area contributed by atoms with Gasteiger partial charge >= 0.3 is 0 Å². The molecule has 14 heavy (non-hydrogen) atoms. The first kappa shape index (κ1) is 9.78. The molecule has 1 atom stereocenters. The Labute approximate surface area is 86.1 Å². The maximum Gasteiger partial charge on any atom is 0.0265 e. The zero-order valence-corrected chi connectivity index (χ0v) is 9.35. The molecule has 2 N–H and O–H groups in total. The third kappa shape index (κ3) is 1.59. The Kier molecular flexibility index (Phi) is 2.40. The summed E-state index contributed by atoms with van der Waals surface area (Å²) >= 11 is 0. The Morgan fingerprint density at radius 2 is 2.29 bits per heavy atom. The van der Waals surface area contributed by atoms with Crippen LogP contribution in [0.25, 0.3) is 0 Å². The minimum atomic E-state index is 0.297. The zero-order chi connectivity index (χ0) is 10.2. The molecule has 0 fully saturated rings. The number of fused-ring (bicyclic) bond motifs is 1. The van der Waals surface area contributed by atoms with Crippen molar-refractivity contribution in [3.05, 3.63) is 23.5 Å². The van der Waals surface area contributed by atoms with E-state index in [0.29, 0.717) is 5.41 Å². The molecule has 2 heterocycles. The van der Waals surface area contributed by atoms with Crippen molar-refractivity contribution in [3.63, 3.8) is 0 Å². The van der Waals surface area contributed by atoms with Crippen LogP contribution in [0.3, 0.4) is 0 Å². The molecule has 2 heteroatoms. The molecule has 1 aromatic heterocycles. The molecule has 1 aliphatic rings. The van der Waals surface area contributed by atoms with E-state index in [9.17, 15) is 0 Å². The molecular weight excluding hydrogens is 172 g/mol. The molecule has 1 aromatic rings. The lowest BCUT2D eigenvalue weighted by atomic mass is 9.76. The van der Waals surface area contributed by atoms with Crippen molar-refractivity contribution in [1.29, 1.82) is 0 Å². The summed E-state index contributed by atoms with van der Waals surface area (Å²) in [7, 11) is 0. The number of hydrogen-bond donors (Lipinski definition) is 2. The predicted octanol–water partition coefficient (Wildman–Crippen LogP) is 2.42. The largest absolute Gasteiger partial charge is 0.364 e. The average Bonchev–Trinajstić information content (AvgIpc) is 2.51. The molecule has 1 aliphatic heterocycles. The molecule has 1 unspecified atom stereocenters. The Morgan fingerprint density at radius 3 is 3.00 bits per heavy atom. The molecule has 0 amide bonds. The summed E-state index contributed by atoms with van der Waals surface area (Å²) in [5.74, 6) is 0.746. The van der Waals surface area contributed by atoms with Gasteiger partial charge in [0.1, 0.15) is 0 Å². The van der Waals surface area contributed by atoms with E-state index >= 15 is 0 Å². The lowest BCUT2D eigenvalue weighted by Gasteiger charge is -2.35. The van der Waals surface area contributed by atoms with E-state index in [4.69, 9.17) is 0 Å². The monoisotopic (exact) mass is 192 g/mol. The SMILES string of the molecule is CC(C)CC1(C)CNCc2cc[nH]c21. The molecule has 0 bridgehead atoms. The van der Waals surface area contributed by atoms with Crippen molar-refractivity contribution in [1.82, 2.24) is 10.3 Å². The smallest absolute Gasteiger partial charge is 0.0265 e. The molecule has 0 spiro atoms. The van der Waals surface area contributed by atoms with Gasteiger partial charge in [0.25, 0.3) is 0 Å². The van der Waals surface area contributed by atoms with Gasteiger partial charge in [-0.2, -0.15) is 0 Å². The normalized spacial score (nSPS) is 26.6. The minimum absolute atomic E-state index is 0.297. The average molecular weight is 192 g/mol. The molecule has 2 nitrogen and oxygen atoms in total. The second-order valence-electron chi connectivity index (χ2n) is 5.14. The van der Waals surface area contributed by atoms with Gasteiger partial charge in [0.15, 0.2) is 0 Å². The van der Waals surface area contributed by atoms with Crippen LogP contribution in [0.15, 0.2) is 12.3 Å². The third-order valence-electron chi connectivity index (χ3n) is 3.13. The highest BCUT2D eigenvalue weighted by Crippen LogP contribution is 2.34. The van der Waals surface area contributed by atoms with E-state index in [1.54, 1.807) is 0 Å². The summed E-state index contributed by atoms with van der Waals surface area (Å²) in [4.78, 5) is 3.41. The molecule has 0 aromatic carbocycles. The third-order valence-corrected chi connectivity index (χ3v) is 3.13. The van der Waals surface area contributed by atoms with E-state index in [-0.39, 0.29) is 0 Å². The van der Waals surface area contributed by atoms with E-state index in [2.05, 4.69) is 43.3 Å². The number of nitrogens with one attached hydrogen (secondary N) is 2. The van der Waals surface area contributed by atoms with Crippen molar-refractivity contribution in [2.45, 2.75) is 39.2 Å². The lowest BCUT2D eigenvalue weighted by molar-refractivity contribution is 0.322. The number of aromatic amines is 1. The van der Waals surface area contributed by atoms with Gasteiger partial charge in [0.2, 0.25) is 0 Å². The van der Waals surface area contributed by atoms with Gasteiger partial charge in [-0.1, -0.05) is 20.8 Å². The highest BCUT2D eigenvalue weighted by molar-refractivity contribution is 5.31. The Hall–Kier alpha value is -0.760. The number of hydrogen-bond acceptors (Lipinski definition) is 1. The first-order valence-corrected chi connectivity index (χ1v) is 5.49. The Bertz CT molecular complexity index is 314. The summed E-state index contributed by atoms with van der Waals surface area (Å²) in [6.45, 7) is 9.06. The fourth-order valence-electron chi connectivity index (χ4n) is 2.75. The van der Waals surface area contributed by atoms with E-state index in [0.717, 1.165) is 19.0 Å². The summed E-state index contributed by atoms with van der Waals surface area (Å²) in [5.41, 5.74) is 3.19. The van der Waals surface area contributed by atoms with Crippen LogP contribution in [0, 0.1) is 5.92 Å². The van der Waals surface area contributed by atoms with Crippen molar-refractivity contribution in [2.75, 3.05) is 6.54 Å². The van der Waals surface area contributed by atoms with Gasteiger partial charge < -0.3 is 10.3 Å². The fraction of sp³-hybridized carbons (Fsp3) is 0.667. The molecule has 0 aliphatic carbocycles. The number of H-pyrrole nitrogens is 1. The summed E-state index contributed by atoms with van der Waals surface area (Å²) < 4.78 is 0. The molecule has 0 saturated carbocycles. The first-order valence-electron chi connectivity index (χ1n) is 5.49. The van der Waals surface area contributed by atoms with Crippen molar-refractivity contribution < 1.29 is 0 Å². The van der Waals surface area contributed by atoms with Crippen LogP contribution >= 0.6 is 0 Å². The zero-order valence-electron chi connectivity index (χ0n) is 9.35. The predicted molar refractivity (Wildman–Crippen MR) is 59.3 cm³/mol. The second-order valence-corrected chi connectivity index (χ2v) is 5.14. The maximum atomic E-state index is 3.50. The number of aromatic nitrogens is 1. The van der Waals surface area contributed by atoms with Crippen molar-refractivity contribution in [2.24, 2.45) is 5.92 Å². The summed E-state index contributed by atoms with van der Waals surface area (Å²) in [5, 5.41) is 3.50. The van der Waals surface area contributed by atoms with E-state index in [1.807, 2.05) is 0 Å².